The molecule has 0 aliphatic rings. The Morgan fingerprint density at radius 1 is 1.00 bits per heavy atom. The number of aryl methyl sites for hydroxylation is 2. The summed E-state index contributed by atoms with van der Waals surface area (Å²) in [5.41, 5.74) is 2.75. The summed E-state index contributed by atoms with van der Waals surface area (Å²) in [7, 11) is -3.56. The minimum absolute atomic E-state index is 0.0669. The summed E-state index contributed by atoms with van der Waals surface area (Å²) in [6, 6.07) is 10.0. The highest BCUT2D eigenvalue weighted by Crippen LogP contribution is 2.25. The van der Waals surface area contributed by atoms with Crippen LogP contribution >= 0.6 is 23.2 Å². The maximum Gasteiger partial charge on any atom is 0.243 e. The predicted molar refractivity (Wildman–Crippen MR) is 156 cm³/mol. The van der Waals surface area contributed by atoms with Gasteiger partial charge in [0.25, 0.3) is 0 Å². The summed E-state index contributed by atoms with van der Waals surface area (Å²) < 4.78 is 26.5. The number of carbonyl (C=O) groups is 2. The summed E-state index contributed by atoms with van der Waals surface area (Å²) in [4.78, 5) is 28.3. The molecule has 0 radical (unpaired) electrons. The van der Waals surface area contributed by atoms with Crippen LogP contribution in [0.5, 0.6) is 0 Å². The van der Waals surface area contributed by atoms with Crippen molar-refractivity contribution in [2.45, 2.75) is 78.9 Å². The van der Waals surface area contributed by atoms with Crippen LogP contribution in [-0.4, -0.2) is 49.5 Å². The zero-order valence-corrected chi connectivity index (χ0v) is 25.6. The molecule has 0 fully saturated rings. The molecule has 1 atom stereocenters. The molecule has 0 bridgehead atoms. The van der Waals surface area contributed by atoms with Crippen molar-refractivity contribution >= 4 is 50.7 Å². The third kappa shape index (κ3) is 9.47. The van der Waals surface area contributed by atoms with Gasteiger partial charge in [-0.2, -0.15) is 0 Å². The van der Waals surface area contributed by atoms with Crippen LogP contribution in [0.4, 0.5) is 5.69 Å². The molecule has 2 aromatic rings. The molecule has 2 rings (SSSR count). The largest absolute Gasteiger partial charge is 0.350 e. The predicted octanol–water partition coefficient (Wildman–Crippen LogP) is 5.88. The highest BCUT2D eigenvalue weighted by Gasteiger charge is 2.31. The molecule has 0 aliphatic carbocycles. The first kappa shape index (κ1) is 31.9. The van der Waals surface area contributed by atoms with E-state index in [1.165, 1.54) is 4.31 Å². The summed E-state index contributed by atoms with van der Waals surface area (Å²) >= 11 is 12.3. The van der Waals surface area contributed by atoms with E-state index in [0.717, 1.165) is 22.9 Å². The van der Waals surface area contributed by atoms with Gasteiger partial charge >= 0.3 is 0 Å². The second-order valence-electron chi connectivity index (χ2n) is 10.7. The number of nitrogens with one attached hydrogen (secondary N) is 1. The minimum atomic E-state index is -3.56. The number of benzene rings is 2. The molecule has 2 aromatic carbocycles. The molecule has 1 N–H and O–H groups in total. The monoisotopic (exact) mass is 583 g/mol. The number of anilines is 1. The van der Waals surface area contributed by atoms with Crippen LogP contribution in [0, 0.1) is 13.8 Å². The van der Waals surface area contributed by atoms with Gasteiger partial charge in [-0.1, -0.05) is 42.3 Å². The van der Waals surface area contributed by atoms with E-state index in [2.05, 4.69) is 5.32 Å². The summed E-state index contributed by atoms with van der Waals surface area (Å²) in [6.45, 7) is 11.6. The van der Waals surface area contributed by atoms with Crippen molar-refractivity contribution in [2.75, 3.05) is 17.1 Å². The highest BCUT2D eigenvalue weighted by molar-refractivity contribution is 7.92. The van der Waals surface area contributed by atoms with Crippen LogP contribution in [0.3, 0.4) is 0 Å². The normalized spacial score (nSPS) is 12.7. The van der Waals surface area contributed by atoms with Crippen molar-refractivity contribution in [3.05, 3.63) is 63.1 Å². The number of rotatable bonds is 11. The van der Waals surface area contributed by atoms with Gasteiger partial charge in [-0.05, 0) is 88.4 Å². The second kappa shape index (κ2) is 13.2. The number of hydrogen-bond donors (Lipinski definition) is 1. The Bertz CT molecular complexity index is 1240. The van der Waals surface area contributed by atoms with Crippen LogP contribution in [0.15, 0.2) is 36.4 Å². The third-order valence-corrected chi connectivity index (χ3v) is 7.80. The first-order valence-corrected chi connectivity index (χ1v) is 15.2. The van der Waals surface area contributed by atoms with E-state index >= 15 is 0 Å². The Balaban J connectivity index is 2.29. The molecule has 7 nitrogen and oxygen atoms in total. The van der Waals surface area contributed by atoms with Crippen LogP contribution in [0.25, 0.3) is 0 Å². The van der Waals surface area contributed by atoms with Crippen LogP contribution < -0.4 is 9.62 Å². The molecule has 0 aromatic heterocycles. The van der Waals surface area contributed by atoms with Crippen molar-refractivity contribution < 1.29 is 18.0 Å². The van der Waals surface area contributed by atoms with Gasteiger partial charge in [-0.25, -0.2) is 8.42 Å². The Morgan fingerprint density at radius 2 is 1.61 bits per heavy atom. The van der Waals surface area contributed by atoms with Gasteiger partial charge in [-0.3, -0.25) is 13.9 Å². The standard InChI is InChI=1S/C28H39Cl2N3O4S/c1-8-25(27(35)31-28(4,5)6)32(18-21-11-12-23(29)24(30)17-21)26(34)10-9-13-33(38(7,36)37)22-15-19(2)14-20(3)16-22/h11-12,14-17,25H,8-10,13,18H2,1-7H3,(H,31,35)/t25-/m1/s1. The molecule has 38 heavy (non-hydrogen) atoms. The maximum absolute atomic E-state index is 13.6. The average Bonchev–Trinajstić information content (AvgIpc) is 2.76. The number of amides is 2. The molecule has 2 amide bonds. The molecule has 210 valence electrons. The first-order chi connectivity index (χ1) is 17.5. The fourth-order valence-electron chi connectivity index (χ4n) is 4.31. The average molecular weight is 585 g/mol. The smallest absolute Gasteiger partial charge is 0.243 e. The molecule has 0 saturated heterocycles. The van der Waals surface area contributed by atoms with Crippen molar-refractivity contribution in [3.63, 3.8) is 0 Å². The van der Waals surface area contributed by atoms with E-state index in [4.69, 9.17) is 23.2 Å². The Hall–Kier alpha value is -2.29. The molecule has 10 heteroatoms. The van der Waals surface area contributed by atoms with Crippen LogP contribution in [0.1, 0.15) is 63.6 Å². The summed E-state index contributed by atoms with van der Waals surface area (Å²) in [5, 5.41) is 3.73. The highest BCUT2D eigenvalue weighted by atomic mass is 35.5. The quantitative estimate of drug-likeness (QED) is 0.358. The lowest BCUT2D eigenvalue weighted by molar-refractivity contribution is -0.142. The number of hydrogen-bond acceptors (Lipinski definition) is 4. The van der Waals surface area contributed by atoms with E-state index < -0.39 is 21.6 Å². The number of nitrogens with zero attached hydrogens (tertiary/aromatic N) is 2. The lowest BCUT2D eigenvalue weighted by atomic mass is 10.0. The molecule has 0 saturated carbocycles. The van der Waals surface area contributed by atoms with E-state index in [9.17, 15) is 18.0 Å². The van der Waals surface area contributed by atoms with Gasteiger partial charge in [0.15, 0.2) is 0 Å². The third-order valence-electron chi connectivity index (χ3n) is 5.87. The van der Waals surface area contributed by atoms with E-state index in [0.29, 0.717) is 22.2 Å². The Labute approximate surface area is 237 Å². The lowest BCUT2D eigenvalue weighted by Gasteiger charge is -2.33. The van der Waals surface area contributed by atoms with Gasteiger partial charge in [-0.15, -0.1) is 0 Å². The van der Waals surface area contributed by atoms with Crippen molar-refractivity contribution in [3.8, 4) is 0 Å². The van der Waals surface area contributed by atoms with Gasteiger partial charge in [0, 0.05) is 25.0 Å². The minimum Gasteiger partial charge on any atom is -0.350 e. The van der Waals surface area contributed by atoms with Gasteiger partial charge in [0.05, 0.1) is 22.0 Å². The Morgan fingerprint density at radius 3 is 2.11 bits per heavy atom. The molecule has 0 heterocycles. The van der Waals surface area contributed by atoms with Gasteiger partial charge in [0.2, 0.25) is 21.8 Å². The second-order valence-corrected chi connectivity index (χ2v) is 13.4. The van der Waals surface area contributed by atoms with Crippen LogP contribution in [0.2, 0.25) is 10.0 Å². The van der Waals surface area contributed by atoms with E-state index in [-0.39, 0.29) is 37.7 Å². The first-order valence-electron chi connectivity index (χ1n) is 12.6. The number of sulfonamides is 1. The maximum atomic E-state index is 13.6. The fraction of sp³-hybridized carbons (Fsp3) is 0.500. The lowest BCUT2D eigenvalue weighted by Crippen LogP contribution is -2.53. The number of halogens is 2. The fourth-order valence-corrected chi connectivity index (χ4v) is 5.58. The van der Waals surface area contributed by atoms with E-state index in [1.807, 2.05) is 59.7 Å². The molecule has 0 aliphatic heterocycles. The SMILES string of the molecule is CC[C@H](C(=O)NC(C)(C)C)N(Cc1ccc(Cl)c(Cl)c1)C(=O)CCCN(c1cc(C)cc(C)c1)S(C)(=O)=O. The number of carbonyl (C=O) groups excluding carboxylic acids is 2. The van der Waals surface area contributed by atoms with E-state index in [1.54, 1.807) is 23.1 Å². The topological polar surface area (TPSA) is 86.8 Å². The van der Waals surface area contributed by atoms with Crippen molar-refractivity contribution in [1.29, 1.82) is 0 Å². The van der Waals surface area contributed by atoms with Gasteiger partial charge in [0.1, 0.15) is 6.04 Å². The van der Waals surface area contributed by atoms with Crippen molar-refractivity contribution in [2.24, 2.45) is 0 Å². The molecule has 0 spiro atoms. The Kier molecular flexibility index (Phi) is 11.1. The summed E-state index contributed by atoms with van der Waals surface area (Å²) in [5.74, 6) is -0.498. The zero-order valence-electron chi connectivity index (χ0n) is 23.3. The molecular formula is C28H39Cl2N3O4S. The molecule has 0 unspecified atom stereocenters. The van der Waals surface area contributed by atoms with Gasteiger partial charge < -0.3 is 10.2 Å². The van der Waals surface area contributed by atoms with Crippen molar-refractivity contribution in [1.82, 2.24) is 10.2 Å². The molecular weight excluding hydrogens is 545 g/mol. The zero-order chi connectivity index (χ0) is 28.8. The van der Waals surface area contributed by atoms with Crippen LogP contribution in [-0.2, 0) is 26.2 Å². The summed E-state index contributed by atoms with van der Waals surface area (Å²) in [6.07, 6.45) is 1.92.